The van der Waals surface area contributed by atoms with E-state index in [0.717, 1.165) is 0 Å². The molecule has 1 aromatic rings. The minimum absolute atomic E-state index is 0.269. The number of ether oxygens (including phenoxy) is 2. The van der Waals surface area contributed by atoms with Gasteiger partial charge in [0, 0.05) is 4.47 Å². The van der Waals surface area contributed by atoms with E-state index in [1.54, 1.807) is 19.1 Å². The molecule has 0 unspecified atom stereocenters. The lowest BCUT2D eigenvalue weighted by Gasteiger charge is -2.39. The molecule has 0 aromatic heterocycles. The largest absolute Gasteiger partial charge is 0.464 e. The molecule has 1 aromatic carbocycles. The minimum atomic E-state index is -1.37. The lowest BCUT2D eigenvalue weighted by Crippen LogP contribution is -2.57. The van der Waals surface area contributed by atoms with Crippen molar-refractivity contribution < 1.29 is 24.8 Å². The van der Waals surface area contributed by atoms with Gasteiger partial charge in [0.1, 0.15) is 24.1 Å². The highest BCUT2D eigenvalue weighted by atomic mass is 79.9. The maximum Gasteiger partial charge on any atom is 0.228 e. The summed E-state index contributed by atoms with van der Waals surface area (Å²) in [5.41, 5.74) is 0. The fourth-order valence-electron chi connectivity index (χ4n) is 2.52. The molecule has 5 atom stereocenters. The fraction of sp³-hybridized carbons (Fsp3) is 0.500. The van der Waals surface area contributed by atoms with Crippen LogP contribution in [-0.2, 0) is 9.47 Å². The monoisotopic (exact) mass is 391 g/mol. The molecule has 2 aliphatic rings. The van der Waals surface area contributed by atoms with Crippen LogP contribution in [0.4, 0.5) is 0 Å². The molecule has 0 radical (unpaired) electrons. The van der Waals surface area contributed by atoms with Gasteiger partial charge in [-0.1, -0.05) is 11.6 Å². The van der Waals surface area contributed by atoms with Crippen LogP contribution in [0.15, 0.2) is 21.6 Å². The van der Waals surface area contributed by atoms with Crippen LogP contribution in [0.25, 0.3) is 5.76 Å². The summed E-state index contributed by atoms with van der Waals surface area (Å²) in [5.74, 6) is 0.459. The van der Waals surface area contributed by atoms with E-state index in [9.17, 15) is 15.3 Å². The van der Waals surface area contributed by atoms with E-state index in [0.29, 0.717) is 25.8 Å². The molecule has 0 aliphatic carbocycles. The maximum absolute atomic E-state index is 10.0. The van der Waals surface area contributed by atoms with Gasteiger partial charge in [0.15, 0.2) is 0 Å². The summed E-state index contributed by atoms with van der Waals surface area (Å²) in [6.07, 6.45) is -5.64. The molecule has 3 N–H and O–H groups in total. The number of nitrogens with zero attached hydrogens (tertiary/aromatic N) is 1. The van der Waals surface area contributed by atoms with Gasteiger partial charge in [-0.05, 0) is 35.0 Å². The summed E-state index contributed by atoms with van der Waals surface area (Å²) >= 11 is 9.61. The molecular weight excluding hydrogens is 378 g/mol. The molecule has 2 aliphatic heterocycles. The first-order valence-corrected chi connectivity index (χ1v) is 7.95. The third kappa shape index (κ3) is 2.66. The van der Waals surface area contributed by atoms with Crippen molar-refractivity contribution in [2.45, 2.75) is 37.6 Å². The third-order valence-corrected chi connectivity index (χ3v) is 5.09. The lowest BCUT2D eigenvalue weighted by molar-refractivity contribution is -0.276. The Morgan fingerprint density at radius 2 is 2.00 bits per heavy atom. The Morgan fingerprint density at radius 1 is 1.27 bits per heavy atom. The zero-order chi connectivity index (χ0) is 16.0. The summed E-state index contributed by atoms with van der Waals surface area (Å²) in [4.78, 5) is 4.31. The summed E-state index contributed by atoms with van der Waals surface area (Å²) in [5, 5.41) is 31.3. The normalized spacial score (nSPS) is 34.3. The number of rotatable bonds is 2. The Labute approximate surface area is 139 Å². The number of hydrogen-bond acceptors (Lipinski definition) is 6. The second-order valence-corrected chi connectivity index (χ2v) is 6.53. The van der Waals surface area contributed by atoms with Crippen LogP contribution in [0.3, 0.4) is 0 Å². The number of halogens is 2. The van der Waals surface area contributed by atoms with Gasteiger partial charge >= 0.3 is 0 Å². The van der Waals surface area contributed by atoms with Crippen molar-refractivity contribution in [3.05, 3.63) is 32.2 Å². The number of benzene rings is 1. The lowest BCUT2D eigenvalue weighted by atomic mass is 10.00. The van der Waals surface area contributed by atoms with Gasteiger partial charge in [0.2, 0.25) is 6.29 Å². The Kier molecular flexibility index (Phi) is 4.46. The molecule has 0 saturated carbocycles. The van der Waals surface area contributed by atoms with E-state index >= 15 is 0 Å². The predicted octanol–water partition coefficient (Wildman–Crippen LogP) is -0.312. The second kappa shape index (κ2) is 6.07. The SMILES string of the molecule is C[C@@H]1O[C@H](OC2=c3c(Cl)c(Br)ccc3=NC2)[C@H](O)[C@H](O)[C@@H]1O. The number of hydrogen-bond donors (Lipinski definition) is 3. The van der Waals surface area contributed by atoms with Gasteiger partial charge in [0.25, 0.3) is 0 Å². The zero-order valence-electron chi connectivity index (χ0n) is 11.6. The molecule has 120 valence electrons. The van der Waals surface area contributed by atoms with Crippen molar-refractivity contribution in [1.82, 2.24) is 0 Å². The average Bonchev–Trinajstić information content (AvgIpc) is 2.90. The van der Waals surface area contributed by atoms with Gasteiger partial charge in [-0.15, -0.1) is 0 Å². The van der Waals surface area contributed by atoms with Crippen molar-refractivity contribution in [3.8, 4) is 0 Å². The van der Waals surface area contributed by atoms with E-state index in [-0.39, 0.29) is 6.54 Å². The number of fused-ring (bicyclic) bond motifs is 1. The van der Waals surface area contributed by atoms with Crippen LogP contribution in [0, 0.1) is 0 Å². The van der Waals surface area contributed by atoms with E-state index in [4.69, 9.17) is 21.1 Å². The molecule has 0 bridgehead atoms. The van der Waals surface area contributed by atoms with Gasteiger partial charge in [-0.25, -0.2) is 0 Å². The van der Waals surface area contributed by atoms with E-state index in [1.165, 1.54) is 0 Å². The third-order valence-electron chi connectivity index (χ3n) is 3.81. The van der Waals surface area contributed by atoms with Crippen LogP contribution >= 0.6 is 27.5 Å². The molecule has 22 heavy (non-hydrogen) atoms. The first-order valence-electron chi connectivity index (χ1n) is 6.78. The highest BCUT2D eigenvalue weighted by Crippen LogP contribution is 2.25. The topological polar surface area (TPSA) is 91.5 Å². The molecule has 1 fully saturated rings. The smallest absolute Gasteiger partial charge is 0.228 e. The Bertz CT molecular complexity index is 712. The predicted molar refractivity (Wildman–Crippen MR) is 81.6 cm³/mol. The van der Waals surface area contributed by atoms with Crippen molar-refractivity contribution in [1.29, 1.82) is 0 Å². The Hall–Kier alpha value is -0.700. The van der Waals surface area contributed by atoms with Crippen molar-refractivity contribution in [2.75, 3.05) is 6.54 Å². The molecule has 1 saturated heterocycles. The van der Waals surface area contributed by atoms with Crippen LogP contribution < -0.4 is 10.6 Å². The van der Waals surface area contributed by atoms with Crippen LogP contribution in [-0.4, -0.2) is 52.6 Å². The maximum atomic E-state index is 10.0. The van der Waals surface area contributed by atoms with Gasteiger partial charge in [0.05, 0.1) is 28.2 Å². The van der Waals surface area contributed by atoms with E-state index in [1.807, 2.05) is 0 Å². The van der Waals surface area contributed by atoms with Gasteiger partial charge < -0.3 is 24.8 Å². The first kappa shape index (κ1) is 16.2. The zero-order valence-corrected chi connectivity index (χ0v) is 14.0. The minimum Gasteiger partial charge on any atom is -0.464 e. The molecule has 6 nitrogen and oxygen atoms in total. The Morgan fingerprint density at radius 3 is 2.73 bits per heavy atom. The van der Waals surface area contributed by atoms with Crippen molar-refractivity contribution in [3.63, 3.8) is 0 Å². The number of aliphatic hydroxyl groups excluding tert-OH is 3. The molecule has 0 amide bonds. The van der Waals surface area contributed by atoms with Crippen molar-refractivity contribution >= 4 is 33.3 Å². The average molecular weight is 393 g/mol. The Balaban J connectivity index is 1.94. The quantitative estimate of drug-likeness (QED) is 0.642. The van der Waals surface area contributed by atoms with Gasteiger partial charge in [-0.2, -0.15) is 0 Å². The summed E-state index contributed by atoms with van der Waals surface area (Å²) in [6.45, 7) is 1.86. The number of aliphatic hydroxyl groups is 3. The van der Waals surface area contributed by atoms with Gasteiger partial charge in [-0.3, -0.25) is 4.99 Å². The van der Waals surface area contributed by atoms with E-state index in [2.05, 4.69) is 20.9 Å². The standard InChI is InChI=1S/C14H15BrClNO5/c1-5-11(18)12(19)13(20)14(21-5)22-8-4-17-7-3-2-6(15)10(16)9(7)8/h2-3,5,11-14,18-20H,4H2,1H3/t5-,11+,12+,13+,14+/m0/s1. The molecule has 8 heteroatoms. The van der Waals surface area contributed by atoms with Crippen LogP contribution in [0.2, 0.25) is 5.02 Å². The summed E-state index contributed by atoms with van der Waals surface area (Å²) < 4.78 is 11.8. The molecule has 2 heterocycles. The second-order valence-electron chi connectivity index (χ2n) is 5.29. The molecule has 0 spiro atoms. The first-order chi connectivity index (χ1) is 10.4. The van der Waals surface area contributed by atoms with E-state index < -0.39 is 30.7 Å². The van der Waals surface area contributed by atoms with Crippen LogP contribution in [0.1, 0.15) is 6.92 Å². The summed E-state index contributed by atoms with van der Waals surface area (Å²) in [6, 6.07) is 3.60. The van der Waals surface area contributed by atoms with Crippen molar-refractivity contribution in [2.24, 2.45) is 4.99 Å². The molecular formula is C14H15BrClNO5. The highest BCUT2D eigenvalue weighted by Gasteiger charge is 2.43. The summed E-state index contributed by atoms with van der Waals surface area (Å²) in [7, 11) is 0. The fourth-order valence-corrected chi connectivity index (χ4v) is 3.12. The highest BCUT2D eigenvalue weighted by molar-refractivity contribution is 9.10. The van der Waals surface area contributed by atoms with Crippen LogP contribution in [0.5, 0.6) is 0 Å². The molecule has 3 rings (SSSR count).